The van der Waals surface area contributed by atoms with E-state index in [1.54, 1.807) is 35.3 Å². The van der Waals surface area contributed by atoms with Crippen LogP contribution in [0.5, 0.6) is 0 Å². The Morgan fingerprint density at radius 3 is 3.00 bits per heavy atom. The minimum Gasteiger partial charge on any atom is -0.461 e. The largest absolute Gasteiger partial charge is 0.461 e. The number of hydrogen-bond donors (Lipinski definition) is 0. The van der Waals surface area contributed by atoms with E-state index in [0.29, 0.717) is 18.1 Å². The molecular formula is C9H10BrN3O2. The maximum atomic E-state index is 11.5. The molecule has 0 amide bonds. The van der Waals surface area contributed by atoms with Gasteiger partial charge in [-0.2, -0.15) is 0 Å². The molecular weight excluding hydrogens is 262 g/mol. The number of rotatable bonds is 2. The fourth-order valence-electron chi connectivity index (χ4n) is 1.41. The maximum Gasteiger partial charge on any atom is 0.356 e. The summed E-state index contributed by atoms with van der Waals surface area (Å²) in [4.78, 5) is 15.7. The zero-order valence-electron chi connectivity index (χ0n) is 8.40. The summed E-state index contributed by atoms with van der Waals surface area (Å²) in [5, 5.41) is 0. The van der Waals surface area contributed by atoms with Crippen LogP contribution < -0.4 is 0 Å². The number of ether oxygens (including phenoxy) is 1. The molecule has 0 saturated heterocycles. The Balaban J connectivity index is 2.53. The van der Waals surface area contributed by atoms with Gasteiger partial charge in [0, 0.05) is 13.2 Å². The van der Waals surface area contributed by atoms with Gasteiger partial charge >= 0.3 is 5.97 Å². The summed E-state index contributed by atoms with van der Waals surface area (Å²) in [6, 6.07) is 0. The molecule has 6 heteroatoms. The zero-order chi connectivity index (χ0) is 11.0. The Bertz CT molecular complexity index is 515. The van der Waals surface area contributed by atoms with Gasteiger partial charge in [-0.3, -0.25) is 4.40 Å². The van der Waals surface area contributed by atoms with E-state index in [1.165, 1.54) is 0 Å². The third-order valence-corrected chi connectivity index (χ3v) is 2.72. The molecule has 0 bridgehead atoms. The molecule has 0 saturated carbocycles. The Labute approximate surface area is 94.8 Å². The van der Waals surface area contributed by atoms with Crippen LogP contribution in [-0.4, -0.2) is 26.5 Å². The second-order valence-electron chi connectivity index (χ2n) is 3.04. The van der Waals surface area contributed by atoms with Crippen LogP contribution in [-0.2, 0) is 11.8 Å². The lowest BCUT2D eigenvalue weighted by Crippen LogP contribution is -2.09. The van der Waals surface area contributed by atoms with Crippen LogP contribution in [0.1, 0.15) is 17.4 Å². The molecule has 15 heavy (non-hydrogen) atoms. The van der Waals surface area contributed by atoms with Gasteiger partial charge in [-0.1, -0.05) is 0 Å². The molecule has 5 nitrogen and oxygen atoms in total. The van der Waals surface area contributed by atoms with E-state index in [1.807, 2.05) is 0 Å². The Morgan fingerprint density at radius 1 is 1.67 bits per heavy atom. The van der Waals surface area contributed by atoms with E-state index in [4.69, 9.17) is 4.74 Å². The number of nitrogens with zero attached hydrogens (tertiary/aromatic N) is 3. The van der Waals surface area contributed by atoms with Gasteiger partial charge in [0.1, 0.15) is 10.3 Å². The number of halogens is 1. The molecule has 2 rings (SSSR count). The highest BCUT2D eigenvalue weighted by atomic mass is 79.9. The van der Waals surface area contributed by atoms with E-state index in [-0.39, 0.29) is 5.97 Å². The van der Waals surface area contributed by atoms with Crippen molar-refractivity contribution in [1.29, 1.82) is 0 Å². The van der Waals surface area contributed by atoms with Gasteiger partial charge in [0.15, 0.2) is 0 Å². The average Bonchev–Trinajstić information content (AvgIpc) is 2.70. The fourth-order valence-corrected chi connectivity index (χ4v) is 1.77. The van der Waals surface area contributed by atoms with Gasteiger partial charge in [0.2, 0.25) is 5.78 Å². The van der Waals surface area contributed by atoms with Crippen molar-refractivity contribution in [3.63, 3.8) is 0 Å². The molecule has 0 spiro atoms. The third-order valence-electron chi connectivity index (χ3n) is 2.13. The summed E-state index contributed by atoms with van der Waals surface area (Å²) >= 11 is 3.34. The van der Waals surface area contributed by atoms with Gasteiger partial charge in [-0.25, -0.2) is 9.78 Å². The number of carbonyl (C=O) groups is 1. The lowest BCUT2D eigenvalue weighted by Gasteiger charge is -2.00. The molecule has 0 unspecified atom stereocenters. The molecule has 0 aliphatic rings. The van der Waals surface area contributed by atoms with Crippen LogP contribution in [0.3, 0.4) is 0 Å². The molecule has 80 valence electrons. The van der Waals surface area contributed by atoms with Gasteiger partial charge in [0.05, 0.1) is 12.8 Å². The first-order valence-corrected chi connectivity index (χ1v) is 5.30. The first kappa shape index (κ1) is 10.2. The first-order chi connectivity index (χ1) is 7.15. The zero-order valence-corrected chi connectivity index (χ0v) is 9.98. The fraction of sp³-hybridized carbons (Fsp3) is 0.333. The lowest BCUT2D eigenvalue weighted by atomic mass is 10.5. The smallest absolute Gasteiger partial charge is 0.356 e. The van der Waals surface area contributed by atoms with E-state index >= 15 is 0 Å². The van der Waals surface area contributed by atoms with Gasteiger partial charge < -0.3 is 9.30 Å². The van der Waals surface area contributed by atoms with Crippen molar-refractivity contribution in [3.8, 4) is 0 Å². The Hall–Kier alpha value is -1.30. The molecule has 0 aliphatic carbocycles. The van der Waals surface area contributed by atoms with Crippen molar-refractivity contribution >= 4 is 27.7 Å². The minimum atomic E-state index is -0.336. The average molecular weight is 272 g/mol. The highest BCUT2D eigenvalue weighted by Crippen LogP contribution is 2.16. The summed E-state index contributed by atoms with van der Waals surface area (Å²) in [7, 11) is 1.78. The van der Waals surface area contributed by atoms with Crippen molar-refractivity contribution < 1.29 is 9.53 Å². The summed E-state index contributed by atoms with van der Waals surface area (Å²) < 4.78 is 9.22. The molecule has 0 aliphatic heterocycles. The molecule has 0 aromatic carbocycles. The number of hydrogen-bond acceptors (Lipinski definition) is 3. The number of esters is 1. The van der Waals surface area contributed by atoms with Crippen LogP contribution in [0.2, 0.25) is 0 Å². The quantitative estimate of drug-likeness (QED) is 0.780. The van der Waals surface area contributed by atoms with E-state index < -0.39 is 0 Å². The Kier molecular flexibility index (Phi) is 2.52. The minimum absolute atomic E-state index is 0.336. The predicted molar refractivity (Wildman–Crippen MR) is 57.8 cm³/mol. The molecule has 2 aromatic rings. The summed E-state index contributed by atoms with van der Waals surface area (Å²) in [5.41, 5.74) is 0.487. The third kappa shape index (κ3) is 1.54. The van der Waals surface area contributed by atoms with Gasteiger partial charge in [0.25, 0.3) is 0 Å². The number of aryl methyl sites for hydroxylation is 1. The summed E-state index contributed by atoms with van der Waals surface area (Å²) in [6.07, 6.45) is 3.38. The van der Waals surface area contributed by atoms with Crippen molar-refractivity contribution in [2.45, 2.75) is 6.92 Å². The number of fused-ring (bicyclic) bond motifs is 1. The van der Waals surface area contributed by atoms with Crippen LogP contribution in [0.4, 0.5) is 0 Å². The molecule has 2 heterocycles. The SMILES string of the molecule is CCOC(=O)c1cn2c(Br)cnc2n1C. The molecule has 0 atom stereocenters. The van der Waals surface area contributed by atoms with E-state index in [0.717, 1.165) is 4.60 Å². The van der Waals surface area contributed by atoms with Crippen molar-refractivity contribution in [1.82, 2.24) is 14.0 Å². The van der Waals surface area contributed by atoms with E-state index in [9.17, 15) is 4.79 Å². The molecule has 0 fully saturated rings. The van der Waals surface area contributed by atoms with E-state index in [2.05, 4.69) is 20.9 Å². The summed E-state index contributed by atoms with van der Waals surface area (Å²) in [5.74, 6) is 0.363. The summed E-state index contributed by atoms with van der Waals surface area (Å²) in [6.45, 7) is 2.15. The lowest BCUT2D eigenvalue weighted by molar-refractivity contribution is 0.0515. The number of imidazole rings is 2. The number of carbonyl (C=O) groups excluding carboxylic acids is 1. The van der Waals surface area contributed by atoms with Crippen molar-refractivity contribution in [3.05, 3.63) is 22.7 Å². The van der Waals surface area contributed by atoms with Gasteiger partial charge in [-0.15, -0.1) is 0 Å². The van der Waals surface area contributed by atoms with Crippen LogP contribution in [0, 0.1) is 0 Å². The topological polar surface area (TPSA) is 48.5 Å². The van der Waals surface area contributed by atoms with Crippen molar-refractivity contribution in [2.75, 3.05) is 6.61 Å². The van der Waals surface area contributed by atoms with Crippen LogP contribution in [0.15, 0.2) is 17.0 Å². The second-order valence-corrected chi connectivity index (χ2v) is 3.86. The highest BCUT2D eigenvalue weighted by Gasteiger charge is 2.16. The monoisotopic (exact) mass is 271 g/mol. The number of aromatic nitrogens is 3. The predicted octanol–water partition coefficient (Wildman–Crippen LogP) is 1.61. The normalized spacial score (nSPS) is 10.9. The standard InChI is InChI=1S/C9H10BrN3O2/c1-3-15-8(14)6-5-13-7(10)4-11-9(13)12(6)2/h4-5H,3H2,1-2H3. The molecule has 2 aromatic heterocycles. The highest BCUT2D eigenvalue weighted by molar-refractivity contribution is 9.10. The molecule has 0 N–H and O–H groups in total. The van der Waals surface area contributed by atoms with Crippen LogP contribution >= 0.6 is 15.9 Å². The van der Waals surface area contributed by atoms with Crippen molar-refractivity contribution in [2.24, 2.45) is 7.05 Å². The Morgan fingerprint density at radius 2 is 2.40 bits per heavy atom. The molecule has 0 radical (unpaired) electrons. The maximum absolute atomic E-state index is 11.5. The second kappa shape index (κ2) is 3.69. The first-order valence-electron chi connectivity index (χ1n) is 4.50. The van der Waals surface area contributed by atoms with Gasteiger partial charge in [-0.05, 0) is 22.9 Å². The van der Waals surface area contributed by atoms with Crippen LogP contribution in [0.25, 0.3) is 5.78 Å².